The minimum absolute atomic E-state index is 0.125. The Morgan fingerprint density at radius 1 is 0.788 bits per heavy atom. The Bertz CT molecular complexity index is 2410. The topological polar surface area (TPSA) is 16.1 Å². The smallest absolute Gasteiger partial charge is 0.0452 e. The van der Waals surface area contributed by atoms with Crippen LogP contribution in [-0.4, -0.2) is 11.0 Å². The fourth-order valence-electron chi connectivity index (χ4n) is 10.2. The highest BCUT2D eigenvalue weighted by molar-refractivity contribution is 6.08. The molecular formula is C50H46N2. The molecule has 0 radical (unpaired) electrons. The Hall–Kier alpha value is -5.21. The number of para-hydroxylation sites is 1. The van der Waals surface area contributed by atoms with Gasteiger partial charge in [-0.2, -0.15) is 0 Å². The van der Waals surface area contributed by atoms with Crippen molar-refractivity contribution in [3.05, 3.63) is 161 Å². The summed E-state index contributed by atoms with van der Waals surface area (Å²) < 4.78 is 0. The van der Waals surface area contributed by atoms with E-state index >= 15 is 0 Å². The molecule has 1 aromatic heterocycles. The standard InChI is InChI=1S/C50H46N2/c1-31-38-24-25-42-43(33-20-18-32(19-21-33)36-12-10-26-51-30-36)29-44(41-23-22-35(48(38)49(41)42)28-45(31)50(2,3)4)34-11-9-13-37(27-34)52-46-16-7-5-14-39(46)40-15-6-8-17-47(40)52/h5-7,10,12-16,18-31,38,40,47H,8-9,11,17H2,1-4H3/t31?,38?,40-,47?/m1/s1. The molecule has 2 nitrogen and oxygen atoms in total. The van der Waals surface area contributed by atoms with E-state index in [1.807, 2.05) is 18.5 Å². The first-order valence-corrected chi connectivity index (χ1v) is 19.4. The molecule has 52 heavy (non-hydrogen) atoms. The van der Waals surface area contributed by atoms with Gasteiger partial charge < -0.3 is 4.90 Å². The minimum Gasteiger partial charge on any atom is -0.337 e. The van der Waals surface area contributed by atoms with Gasteiger partial charge in [-0.1, -0.05) is 130 Å². The van der Waals surface area contributed by atoms with Gasteiger partial charge in [0.05, 0.1) is 0 Å². The molecule has 0 saturated heterocycles. The van der Waals surface area contributed by atoms with Crippen molar-refractivity contribution >= 4 is 34.2 Å². The van der Waals surface area contributed by atoms with Gasteiger partial charge in [-0.25, -0.2) is 0 Å². The molecule has 0 fully saturated rings. The van der Waals surface area contributed by atoms with E-state index in [2.05, 4.69) is 153 Å². The summed E-state index contributed by atoms with van der Waals surface area (Å²) in [6.07, 6.45) is 25.6. The lowest BCUT2D eigenvalue weighted by Gasteiger charge is -2.39. The molecule has 2 heteroatoms. The summed E-state index contributed by atoms with van der Waals surface area (Å²) >= 11 is 0. The van der Waals surface area contributed by atoms with E-state index in [1.54, 1.807) is 5.57 Å². The third-order valence-corrected chi connectivity index (χ3v) is 12.6. The average molecular weight is 675 g/mol. The molecule has 5 aliphatic rings. The summed E-state index contributed by atoms with van der Waals surface area (Å²) in [4.78, 5) is 7.06. The van der Waals surface area contributed by atoms with E-state index in [1.165, 1.54) is 78.7 Å². The van der Waals surface area contributed by atoms with Crippen LogP contribution in [0.15, 0.2) is 133 Å². The zero-order chi connectivity index (χ0) is 35.1. The lowest BCUT2D eigenvalue weighted by atomic mass is 9.65. The van der Waals surface area contributed by atoms with E-state index < -0.39 is 0 Å². The van der Waals surface area contributed by atoms with Crippen LogP contribution < -0.4 is 4.90 Å². The number of rotatable bonds is 4. The molecule has 10 rings (SSSR count). The zero-order valence-corrected chi connectivity index (χ0v) is 30.7. The maximum absolute atomic E-state index is 4.38. The van der Waals surface area contributed by atoms with Crippen LogP contribution in [0.4, 0.5) is 5.69 Å². The van der Waals surface area contributed by atoms with Crippen LogP contribution in [0.1, 0.15) is 93.0 Å². The van der Waals surface area contributed by atoms with Gasteiger partial charge in [-0.15, -0.1) is 0 Å². The summed E-state index contributed by atoms with van der Waals surface area (Å²) in [7, 11) is 0. The van der Waals surface area contributed by atoms with E-state index in [0.29, 0.717) is 23.8 Å². The molecule has 0 saturated carbocycles. The van der Waals surface area contributed by atoms with Crippen LogP contribution in [0, 0.1) is 11.3 Å². The third-order valence-electron chi connectivity index (χ3n) is 12.6. The minimum atomic E-state index is 0.125. The van der Waals surface area contributed by atoms with Crippen molar-refractivity contribution < 1.29 is 0 Å². The van der Waals surface area contributed by atoms with Crippen LogP contribution in [0.2, 0.25) is 0 Å². The quantitative estimate of drug-likeness (QED) is 0.176. The number of benzene rings is 4. The highest BCUT2D eigenvalue weighted by Crippen LogP contribution is 2.54. The monoisotopic (exact) mass is 674 g/mol. The second-order valence-electron chi connectivity index (χ2n) is 16.6. The van der Waals surface area contributed by atoms with Gasteiger partial charge in [0, 0.05) is 41.7 Å². The molecule has 0 amide bonds. The number of aromatic nitrogens is 1. The maximum Gasteiger partial charge on any atom is 0.0452 e. The predicted molar refractivity (Wildman–Crippen MR) is 220 cm³/mol. The normalized spacial score (nSPS) is 22.8. The summed E-state index contributed by atoms with van der Waals surface area (Å²) in [5.74, 6) is 1.28. The Morgan fingerprint density at radius 3 is 2.46 bits per heavy atom. The van der Waals surface area contributed by atoms with Crippen LogP contribution in [0.25, 0.3) is 50.8 Å². The highest BCUT2D eigenvalue weighted by atomic mass is 15.2. The number of anilines is 1. The lowest BCUT2D eigenvalue weighted by Crippen LogP contribution is -2.34. The molecule has 1 aliphatic heterocycles. The highest BCUT2D eigenvalue weighted by Gasteiger charge is 2.40. The molecule has 256 valence electrons. The Kier molecular flexibility index (Phi) is 7.22. The average Bonchev–Trinajstić information content (AvgIpc) is 3.52. The number of hydrogen-bond acceptors (Lipinski definition) is 2. The predicted octanol–water partition coefficient (Wildman–Crippen LogP) is 13.1. The molecule has 5 aromatic rings. The summed E-state index contributed by atoms with van der Waals surface area (Å²) in [5, 5.41) is 2.84. The molecule has 0 spiro atoms. The van der Waals surface area contributed by atoms with Crippen LogP contribution in [0.5, 0.6) is 0 Å². The fraction of sp³-hybridized carbons (Fsp3) is 0.260. The summed E-state index contributed by atoms with van der Waals surface area (Å²) in [6.45, 7) is 9.56. The first-order valence-electron chi connectivity index (χ1n) is 19.4. The van der Waals surface area contributed by atoms with Crippen LogP contribution in [-0.2, 0) is 0 Å². The Labute approximate surface area is 308 Å². The van der Waals surface area contributed by atoms with E-state index in [9.17, 15) is 0 Å². The van der Waals surface area contributed by atoms with Crippen LogP contribution >= 0.6 is 0 Å². The SMILES string of the molecule is CC1C(C(C)(C)C)=Cc2ccc3c(C4=CC(N5c6ccccc6[C@H]6C=CCCC65)=CCC4)cc(-c4ccc(-c5cccnc5)cc4)c4c3c2C1C=C4. The molecule has 0 N–H and O–H groups in total. The lowest BCUT2D eigenvalue weighted by molar-refractivity contribution is 0.419. The van der Waals surface area contributed by atoms with Crippen molar-refractivity contribution in [1.82, 2.24) is 4.98 Å². The van der Waals surface area contributed by atoms with Gasteiger partial charge in [-0.05, 0) is 128 Å². The van der Waals surface area contributed by atoms with Gasteiger partial charge >= 0.3 is 0 Å². The van der Waals surface area contributed by atoms with E-state index in [4.69, 9.17) is 0 Å². The first-order chi connectivity index (χ1) is 25.3. The Morgan fingerprint density at radius 2 is 1.63 bits per heavy atom. The third kappa shape index (κ3) is 4.87. The number of pyridine rings is 1. The molecule has 4 atom stereocenters. The second-order valence-corrected chi connectivity index (χ2v) is 16.6. The number of fused-ring (bicyclic) bond motifs is 3. The molecule has 4 aromatic carbocycles. The molecule has 2 heterocycles. The largest absolute Gasteiger partial charge is 0.337 e. The van der Waals surface area contributed by atoms with Crippen LogP contribution in [0.3, 0.4) is 0 Å². The maximum atomic E-state index is 4.38. The van der Waals surface area contributed by atoms with Gasteiger partial charge in [0.15, 0.2) is 0 Å². The number of allylic oxidation sites excluding steroid dienone is 6. The fourth-order valence-corrected chi connectivity index (χ4v) is 10.2. The van der Waals surface area contributed by atoms with Crippen molar-refractivity contribution in [2.24, 2.45) is 11.3 Å². The second kappa shape index (κ2) is 11.9. The van der Waals surface area contributed by atoms with E-state index in [0.717, 1.165) is 24.8 Å². The molecule has 3 unspecified atom stereocenters. The van der Waals surface area contributed by atoms with Gasteiger partial charge in [0.1, 0.15) is 0 Å². The number of hydrogen-bond donors (Lipinski definition) is 0. The summed E-state index contributed by atoms with van der Waals surface area (Å²) in [5.41, 5.74) is 17.9. The Balaban J connectivity index is 1.17. The van der Waals surface area contributed by atoms with Crippen molar-refractivity contribution in [3.8, 4) is 22.3 Å². The molecule has 4 aliphatic carbocycles. The first kappa shape index (κ1) is 31.5. The molecule has 0 bridgehead atoms. The van der Waals surface area contributed by atoms with E-state index in [-0.39, 0.29) is 5.41 Å². The molecular weight excluding hydrogens is 629 g/mol. The van der Waals surface area contributed by atoms with Crippen molar-refractivity contribution in [3.63, 3.8) is 0 Å². The van der Waals surface area contributed by atoms with Gasteiger partial charge in [0.2, 0.25) is 0 Å². The van der Waals surface area contributed by atoms with Gasteiger partial charge in [0.25, 0.3) is 0 Å². The van der Waals surface area contributed by atoms with Gasteiger partial charge in [-0.3, -0.25) is 4.98 Å². The van der Waals surface area contributed by atoms with Crippen molar-refractivity contribution in [2.45, 2.75) is 71.3 Å². The zero-order valence-electron chi connectivity index (χ0n) is 30.7. The summed E-state index contributed by atoms with van der Waals surface area (Å²) in [6, 6.07) is 30.3. The van der Waals surface area contributed by atoms with Crippen molar-refractivity contribution in [2.75, 3.05) is 4.90 Å². The van der Waals surface area contributed by atoms with Crippen molar-refractivity contribution in [1.29, 1.82) is 0 Å². The number of nitrogens with zero attached hydrogens (tertiary/aromatic N) is 2.